The maximum atomic E-state index is 13.5. The first kappa shape index (κ1) is 22.9. The van der Waals surface area contributed by atoms with Crippen LogP contribution in [0.25, 0.3) is 22.0 Å². The van der Waals surface area contributed by atoms with Crippen molar-refractivity contribution in [1.82, 2.24) is 9.97 Å². The highest BCUT2D eigenvalue weighted by molar-refractivity contribution is 7.13. The number of hydrogen-bond acceptors (Lipinski definition) is 4. The van der Waals surface area contributed by atoms with Crippen molar-refractivity contribution in [2.45, 2.75) is 19.8 Å². The van der Waals surface area contributed by atoms with Crippen LogP contribution in [0.5, 0.6) is 0 Å². The van der Waals surface area contributed by atoms with Gasteiger partial charge in [0.15, 0.2) is 5.13 Å². The molecular weight excluding hydrogens is 457 g/mol. The first-order chi connectivity index (χ1) is 16.9. The topological polar surface area (TPSA) is 54.9 Å². The van der Waals surface area contributed by atoms with Gasteiger partial charge in [-0.15, -0.1) is 11.3 Å². The summed E-state index contributed by atoms with van der Waals surface area (Å²) < 4.78 is 13.5. The second-order valence-corrected chi connectivity index (χ2v) is 9.90. The van der Waals surface area contributed by atoms with Crippen LogP contribution in [0.3, 0.4) is 0 Å². The molecule has 0 aliphatic heterocycles. The predicted octanol–water partition coefficient (Wildman–Crippen LogP) is 7.29. The molecule has 3 aromatic carbocycles. The molecule has 2 aromatic heterocycles. The number of pyridine rings is 1. The van der Waals surface area contributed by atoms with Crippen LogP contribution in [0.15, 0.2) is 96.6 Å². The van der Waals surface area contributed by atoms with E-state index in [2.05, 4.69) is 39.6 Å². The van der Waals surface area contributed by atoms with Crippen LogP contribution in [-0.4, -0.2) is 15.9 Å². The molecule has 35 heavy (non-hydrogen) atoms. The number of aromatic nitrogens is 2. The highest BCUT2D eigenvalue weighted by Crippen LogP contribution is 2.43. The number of carbonyl (C=O) groups is 1. The molecule has 174 valence electrons. The number of rotatable bonds is 6. The number of nitrogens with one attached hydrogen (secondary N) is 1. The lowest BCUT2D eigenvalue weighted by Gasteiger charge is -2.34. The van der Waals surface area contributed by atoms with Crippen LogP contribution in [0.1, 0.15) is 30.9 Å². The van der Waals surface area contributed by atoms with E-state index in [9.17, 15) is 9.18 Å². The molecule has 0 radical (unpaired) electrons. The van der Waals surface area contributed by atoms with E-state index in [0.717, 1.165) is 33.2 Å². The number of thiazole rings is 1. The summed E-state index contributed by atoms with van der Waals surface area (Å²) in [6.07, 6.45) is 3.45. The lowest BCUT2D eigenvalue weighted by atomic mass is 9.70. The number of anilines is 1. The summed E-state index contributed by atoms with van der Waals surface area (Å²) in [6, 6.07) is 24.7. The van der Waals surface area contributed by atoms with E-state index in [0.29, 0.717) is 5.13 Å². The average molecular weight is 482 g/mol. The smallest absolute Gasteiger partial charge is 0.232 e. The summed E-state index contributed by atoms with van der Waals surface area (Å²) in [5.41, 5.74) is 2.96. The Kier molecular flexibility index (Phi) is 6.14. The summed E-state index contributed by atoms with van der Waals surface area (Å²) >= 11 is 1.40. The molecule has 0 saturated heterocycles. The van der Waals surface area contributed by atoms with E-state index in [1.807, 2.05) is 49.6 Å². The molecule has 1 amide bonds. The van der Waals surface area contributed by atoms with Crippen molar-refractivity contribution >= 4 is 33.1 Å². The SMILES string of the molecule is CC(C)(C(=O)Nc1nccs1)C(c1ccccc1)c1ccc2c(-c3ccc(F)cc3)nccc2c1. The Morgan fingerprint density at radius 2 is 1.69 bits per heavy atom. The zero-order valence-electron chi connectivity index (χ0n) is 19.4. The van der Waals surface area contributed by atoms with Gasteiger partial charge in [0.05, 0.1) is 11.1 Å². The summed E-state index contributed by atoms with van der Waals surface area (Å²) in [4.78, 5) is 22.2. The molecule has 6 heteroatoms. The van der Waals surface area contributed by atoms with Gasteiger partial charge in [-0.05, 0) is 46.8 Å². The fourth-order valence-corrected chi connectivity index (χ4v) is 5.08. The van der Waals surface area contributed by atoms with Crippen LogP contribution < -0.4 is 5.32 Å². The monoisotopic (exact) mass is 481 g/mol. The van der Waals surface area contributed by atoms with Gasteiger partial charge in [0.2, 0.25) is 5.91 Å². The average Bonchev–Trinajstić information content (AvgIpc) is 3.38. The maximum absolute atomic E-state index is 13.5. The highest BCUT2D eigenvalue weighted by atomic mass is 32.1. The molecule has 1 unspecified atom stereocenters. The summed E-state index contributed by atoms with van der Waals surface area (Å²) in [5, 5.41) is 7.39. The fraction of sp³-hybridized carbons (Fsp3) is 0.138. The molecule has 0 spiro atoms. The van der Waals surface area contributed by atoms with E-state index in [-0.39, 0.29) is 17.6 Å². The van der Waals surface area contributed by atoms with E-state index < -0.39 is 5.41 Å². The van der Waals surface area contributed by atoms with Crippen LogP contribution in [-0.2, 0) is 4.79 Å². The van der Waals surface area contributed by atoms with Gasteiger partial charge in [-0.1, -0.05) is 62.4 Å². The molecule has 0 fully saturated rings. The molecule has 1 atom stereocenters. The lowest BCUT2D eigenvalue weighted by Crippen LogP contribution is -2.37. The fourth-order valence-electron chi connectivity index (χ4n) is 4.56. The molecule has 1 N–H and O–H groups in total. The summed E-state index contributed by atoms with van der Waals surface area (Å²) in [7, 11) is 0. The Hall–Kier alpha value is -3.90. The number of benzene rings is 3. The Bertz CT molecular complexity index is 1470. The van der Waals surface area contributed by atoms with E-state index >= 15 is 0 Å². The lowest BCUT2D eigenvalue weighted by molar-refractivity contribution is -0.124. The van der Waals surface area contributed by atoms with Crippen molar-refractivity contribution in [1.29, 1.82) is 0 Å². The van der Waals surface area contributed by atoms with Crippen molar-refractivity contribution in [3.05, 3.63) is 114 Å². The quantitative estimate of drug-likeness (QED) is 0.277. The minimum atomic E-state index is -0.770. The molecule has 0 aliphatic rings. The number of halogens is 1. The van der Waals surface area contributed by atoms with Gasteiger partial charge in [-0.3, -0.25) is 9.78 Å². The number of amides is 1. The third-order valence-electron chi connectivity index (χ3n) is 6.33. The number of fused-ring (bicyclic) bond motifs is 1. The first-order valence-electron chi connectivity index (χ1n) is 11.3. The van der Waals surface area contributed by atoms with Crippen LogP contribution in [0.4, 0.5) is 9.52 Å². The van der Waals surface area contributed by atoms with Crippen molar-refractivity contribution in [2.75, 3.05) is 5.32 Å². The van der Waals surface area contributed by atoms with E-state index in [1.54, 1.807) is 24.5 Å². The molecule has 0 aliphatic carbocycles. The summed E-state index contributed by atoms with van der Waals surface area (Å²) in [6.45, 7) is 3.93. The maximum Gasteiger partial charge on any atom is 0.232 e. The Morgan fingerprint density at radius 1 is 0.914 bits per heavy atom. The summed E-state index contributed by atoms with van der Waals surface area (Å²) in [5.74, 6) is -0.570. The molecule has 5 aromatic rings. The molecule has 0 bridgehead atoms. The first-order valence-corrected chi connectivity index (χ1v) is 12.2. The van der Waals surface area contributed by atoms with Gasteiger partial charge in [0.1, 0.15) is 5.82 Å². The highest BCUT2D eigenvalue weighted by Gasteiger charge is 2.39. The third-order valence-corrected chi connectivity index (χ3v) is 7.02. The predicted molar refractivity (Wildman–Crippen MR) is 140 cm³/mol. The number of nitrogens with zero attached hydrogens (tertiary/aromatic N) is 2. The molecular formula is C29H24FN3OS. The van der Waals surface area contributed by atoms with Crippen molar-refractivity contribution < 1.29 is 9.18 Å². The zero-order valence-corrected chi connectivity index (χ0v) is 20.2. The van der Waals surface area contributed by atoms with Crippen molar-refractivity contribution in [3.63, 3.8) is 0 Å². The minimum absolute atomic E-state index is 0.0943. The number of hydrogen-bond donors (Lipinski definition) is 1. The Labute approximate surface area is 207 Å². The largest absolute Gasteiger partial charge is 0.301 e. The molecule has 0 saturated carbocycles. The second-order valence-electron chi connectivity index (χ2n) is 9.00. The normalized spacial score (nSPS) is 12.4. The third kappa shape index (κ3) is 4.57. The molecule has 5 rings (SSSR count). The van der Waals surface area contributed by atoms with E-state index in [4.69, 9.17) is 0 Å². The van der Waals surface area contributed by atoms with Gasteiger partial charge in [-0.2, -0.15) is 0 Å². The van der Waals surface area contributed by atoms with E-state index in [1.165, 1.54) is 23.5 Å². The van der Waals surface area contributed by atoms with Crippen molar-refractivity contribution in [3.8, 4) is 11.3 Å². The van der Waals surface area contributed by atoms with Crippen LogP contribution in [0.2, 0.25) is 0 Å². The van der Waals surface area contributed by atoms with Gasteiger partial charge >= 0.3 is 0 Å². The minimum Gasteiger partial charge on any atom is -0.301 e. The van der Waals surface area contributed by atoms with Gasteiger partial charge in [0.25, 0.3) is 0 Å². The standard InChI is InChI=1S/C29H24FN3OS/c1-29(2,27(34)33-28-32-16-17-35-28)25(19-6-4-3-5-7-19)22-10-13-24-21(18-22)14-15-31-26(24)20-8-11-23(30)12-9-20/h3-18,25H,1-2H3,(H,32,33,34). The van der Waals surface area contributed by atoms with Gasteiger partial charge < -0.3 is 5.32 Å². The van der Waals surface area contributed by atoms with Crippen LogP contribution in [0, 0.1) is 11.2 Å². The van der Waals surface area contributed by atoms with Gasteiger partial charge in [-0.25, -0.2) is 9.37 Å². The molecule has 2 heterocycles. The van der Waals surface area contributed by atoms with Crippen LogP contribution >= 0.6 is 11.3 Å². The molecule has 4 nitrogen and oxygen atoms in total. The Morgan fingerprint density at radius 3 is 2.40 bits per heavy atom. The van der Waals surface area contributed by atoms with Crippen molar-refractivity contribution in [2.24, 2.45) is 5.41 Å². The Balaban J connectivity index is 1.60. The van der Waals surface area contributed by atoms with Gasteiger partial charge in [0, 0.05) is 34.6 Å². The second kappa shape index (κ2) is 9.39. The zero-order chi connectivity index (χ0) is 24.4. The number of carbonyl (C=O) groups excluding carboxylic acids is 1.